The van der Waals surface area contributed by atoms with Gasteiger partial charge in [-0.25, -0.2) is 15.0 Å². The summed E-state index contributed by atoms with van der Waals surface area (Å²) in [5.41, 5.74) is 24.5. The quantitative estimate of drug-likeness (QED) is 0.313. The van der Waals surface area contributed by atoms with Crippen LogP contribution in [-0.2, 0) is 0 Å². The Balaban J connectivity index is 3.36. The normalized spacial score (nSPS) is 8.00. The predicted molar refractivity (Wildman–Crippen MR) is 46.2 cm³/mol. The molecule has 0 unspecified atom stereocenters. The molecule has 0 saturated heterocycles. The van der Waals surface area contributed by atoms with Crippen LogP contribution in [-0.4, -0.2) is 26.0 Å². The molecule has 0 amide bonds. The summed E-state index contributed by atoms with van der Waals surface area (Å²) in [7, 11) is 0. The molecule has 1 heterocycles. The smallest absolute Gasteiger partial charge is 0.324 e. The zero-order chi connectivity index (χ0) is 11.1. The fraction of sp³-hybridized carbons (Fsp3) is 0. The lowest BCUT2D eigenvalue weighted by Crippen LogP contribution is -1.95. The molecule has 0 fully saturated rings. The molecule has 0 spiro atoms. The molecule has 0 aliphatic carbocycles. The van der Waals surface area contributed by atoms with E-state index in [1.54, 1.807) is 0 Å². The van der Waals surface area contributed by atoms with Gasteiger partial charge in [0.25, 0.3) is 0 Å². The van der Waals surface area contributed by atoms with Crippen molar-refractivity contribution in [2.24, 2.45) is 10.2 Å². The molecule has 0 radical (unpaired) electrons. The van der Waals surface area contributed by atoms with Gasteiger partial charge in [0.15, 0.2) is 0 Å². The third-order valence-electron chi connectivity index (χ3n) is 1.07. The van der Waals surface area contributed by atoms with Crippen molar-refractivity contribution in [3.63, 3.8) is 0 Å². The van der Waals surface area contributed by atoms with Gasteiger partial charge in [-0.1, -0.05) is 0 Å². The van der Waals surface area contributed by atoms with E-state index in [1.165, 1.54) is 0 Å². The number of rotatable bonds is 3. The van der Waals surface area contributed by atoms with Gasteiger partial charge in [0.05, 0.1) is 0 Å². The highest BCUT2D eigenvalue weighted by Gasteiger charge is 2.04. The molecule has 72 valence electrons. The largest absolute Gasteiger partial charge is 0.361 e. The van der Waals surface area contributed by atoms with Crippen molar-refractivity contribution in [1.29, 1.82) is 0 Å². The standard InChI is InChI=1S/C4HN11/c5-8-1-2-9-3(12-14-6)11-4(10-2)13-15-7/h1H. The third-order valence-corrected chi connectivity index (χ3v) is 1.07. The van der Waals surface area contributed by atoms with Crippen LogP contribution in [0.5, 0.6) is 0 Å². The summed E-state index contributed by atoms with van der Waals surface area (Å²) >= 11 is 0. The second kappa shape index (κ2) is 4.90. The Morgan fingerprint density at radius 2 is 1.47 bits per heavy atom. The van der Waals surface area contributed by atoms with E-state index < -0.39 is 0 Å². The summed E-state index contributed by atoms with van der Waals surface area (Å²) in [6.45, 7) is 0. The summed E-state index contributed by atoms with van der Waals surface area (Å²) in [6.07, 6.45) is 0.870. The van der Waals surface area contributed by atoms with Gasteiger partial charge in [-0.3, -0.25) is 0 Å². The molecule has 0 saturated carbocycles. The van der Waals surface area contributed by atoms with Crippen molar-refractivity contribution in [3.8, 4) is 0 Å². The first-order valence-corrected chi connectivity index (χ1v) is 3.34. The first kappa shape index (κ1) is 10.1. The fourth-order valence-electron chi connectivity index (χ4n) is 0.648. The number of aromatic nitrogens is 3. The Kier molecular flexibility index (Phi) is 3.29. The van der Waals surface area contributed by atoms with E-state index in [0.717, 1.165) is 6.21 Å². The van der Waals surface area contributed by atoms with Crippen LogP contribution in [0.2, 0.25) is 0 Å². The monoisotopic (exact) mass is 203 g/mol. The van der Waals surface area contributed by atoms with Gasteiger partial charge in [-0.05, 0) is 21.3 Å². The van der Waals surface area contributed by atoms with E-state index in [1.807, 2.05) is 0 Å². The Hall–Kier alpha value is -2.99. The lowest BCUT2D eigenvalue weighted by molar-refractivity contribution is 0.00394. The van der Waals surface area contributed by atoms with Crippen molar-refractivity contribution in [1.82, 2.24) is 15.0 Å². The number of nitrogens with zero attached hydrogens (tertiary/aromatic N) is 11. The summed E-state index contributed by atoms with van der Waals surface area (Å²) in [4.78, 5) is 18.1. The van der Waals surface area contributed by atoms with E-state index in [9.17, 15) is 0 Å². The minimum Gasteiger partial charge on any atom is -0.361 e. The lowest BCUT2D eigenvalue weighted by atomic mass is 10.6. The van der Waals surface area contributed by atoms with Gasteiger partial charge in [0.2, 0.25) is 17.7 Å². The van der Waals surface area contributed by atoms with E-state index >= 15 is 0 Å². The van der Waals surface area contributed by atoms with Crippen LogP contribution in [0.15, 0.2) is 10.2 Å². The van der Waals surface area contributed by atoms with E-state index in [2.05, 4.69) is 39.8 Å². The molecule has 11 heteroatoms. The maximum absolute atomic E-state index is 8.22. The molecule has 1 aromatic heterocycles. The highest BCUT2D eigenvalue weighted by atomic mass is 15.3. The summed E-state index contributed by atoms with van der Waals surface area (Å²) in [5, 5.41) is 6.17. The average molecular weight is 203 g/mol. The molecule has 0 aliphatic rings. The van der Waals surface area contributed by atoms with Crippen LogP contribution < -0.4 is 0 Å². The van der Waals surface area contributed by atoms with E-state index in [-0.39, 0.29) is 17.7 Å². The van der Waals surface area contributed by atoms with Gasteiger partial charge in [-0.15, -0.1) is 0 Å². The highest BCUT2D eigenvalue weighted by Crippen LogP contribution is 2.10. The molecule has 15 heavy (non-hydrogen) atoms. The number of azide groups is 2. The molecule has 1 aromatic rings. The molecular formula is C4HN11. The Labute approximate surface area is 81.3 Å². The van der Waals surface area contributed by atoms with Gasteiger partial charge in [0, 0.05) is 9.82 Å². The van der Waals surface area contributed by atoms with Crippen molar-refractivity contribution in [2.45, 2.75) is 0 Å². The Morgan fingerprint density at radius 1 is 0.933 bits per heavy atom. The highest BCUT2D eigenvalue weighted by molar-refractivity contribution is 5.69. The van der Waals surface area contributed by atoms with E-state index in [4.69, 9.17) is 16.6 Å². The van der Waals surface area contributed by atoms with Gasteiger partial charge < -0.3 is 5.53 Å². The summed E-state index contributed by atoms with van der Waals surface area (Å²) in [6, 6.07) is 0. The van der Waals surface area contributed by atoms with Crippen LogP contribution in [0.4, 0.5) is 11.9 Å². The molecule has 0 aliphatic heterocycles. The summed E-state index contributed by atoms with van der Waals surface area (Å²) < 4.78 is 0. The van der Waals surface area contributed by atoms with Crippen molar-refractivity contribution in [2.75, 3.05) is 0 Å². The van der Waals surface area contributed by atoms with E-state index in [0.29, 0.717) is 0 Å². The second-order valence-corrected chi connectivity index (χ2v) is 1.92. The van der Waals surface area contributed by atoms with Crippen LogP contribution in [0.1, 0.15) is 5.82 Å². The number of hydrogen-bond acceptors (Lipinski definition) is 5. The summed E-state index contributed by atoms with van der Waals surface area (Å²) in [5.74, 6) is -0.674. The van der Waals surface area contributed by atoms with Crippen LogP contribution in [0.25, 0.3) is 26.4 Å². The fourth-order valence-corrected chi connectivity index (χ4v) is 0.648. The van der Waals surface area contributed by atoms with Crippen molar-refractivity contribution in [3.05, 3.63) is 32.2 Å². The minimum absolute atomic E-state index is 0.0997. The van der Waals surface area contributed by atoms with Gasteiger partial charge >= 0.3 is 6.21 Å². The first-order chi connectivity index (χ1) is 7.30. The van der Waals surface area contributed by atoms with Crippen LogP contribution in [0, 0.1) is 0 Å². The molecular weight excluding hydrogens is 202 g/mol. The number of hydrogen-bond donors (Lipinski definition) is 0. The van der Waals surface area contributed by atoms with Crippen LogP contribution in [0.3, 0.4) is 0 Å². The van der Waals surface area contributed by atoms with Gasteiger partial charge in [-0.2, -0.15) is 4.79 Å². The molecule has 0 bridgehead atoms. The molecule has 0 aromatic carbocycles. The minimum atomic E-state index is -0.287. The molecule has 1 rings (SSSR count). The maximum atomic E-state index is 8.22. The predicted octanol–water partition coefficient (Wildman–Crippen LogP) is 1.40. The molecule has 0 N–H and O–H groups in total. The zero-order valence-corrected chi connectivity index (χ0v) is 7.00. The van der Waals surface area contributed by atoms with Crippen molar-refractivity contribution >= 4 is 18.1 Å². The SMILES string of the molecule is [N-]=[N+]=Cc1nc(N=[N+]=[N-])nc(N=[N+]=[N-])n1. The molecule has 11 nitrogen and oxygen atoms in total. The first-order valence-electron chi connectivity index (χ1n) is 3.34. The maximum Gasteiger partial charge on any atom is 0.324 e. The Bertz CT molecular complexity index is 423. The second-order valence-electron chi connectivity index (χ2n) is 1.92. The van der Waals surface area contributed by atoms with Gasteiger partial charge in [0.1, 0.15) is 0 Å². The molecule has 0 atom stereocenters. The van der Waals surface area contributed by atoms with Crippen molar-refractivity contribution < 1.29 is 4.79 Å². The third kappa shape index (κ3) is 2.76. The van der Waals surface area contributed by atoms with Crippen LogP contribution >= 0.6 is 0 Å². The lowest BCUT2D eigenvalue weighted by Gasteiger charge is -1.92. The topological polar surface area (TPSA) is 173 Å². The zero-order valence-electron chi connectivity index (χ0n) is 7.00. The average Bonchev–Trinajstić information content (AvgIpc) is 2.19. The Morgan fingerprint density at radius 3 is 1.87 bits per heavy atom.